The molecule has 0 fully saturated rings. The van der Waals surface area contributed by atoms with Crippen molar-refractivity contribution in [2.24, 2.45) is 7.05 Å². The maximum Gasteiger partial charge on any atom is 0.573 e. The zero-order valence-corrected chi connectivity index (χ0v) is 18.1. The molecule has 1 N–H and O–H groups in total. The van der Waals surface area contributed by atoms with Crippen molar-refractivity contribution in [3.05, 3.63) is 66.2 Å². The van der Waals surface area contributed by atoms with Crippen molar-refractivity contribution in [2.45, 2.75) is 17.3 Å². The van der Waals surface area contributed by atoms with E-state index in [-0.39, 0.29) is 4.90 Å². The molecular weight excluding hydrogens is 451 g/mol. The lowest BCUT2D eigenvalue weighted by molar-refractivity contribution is -0.274. The van der Waals surface area contributed by atoms with E-state index >= 15 is 0 Å². The van der Waals surface area contributed by atoms with E-state index in [0.717, 1.165) is 24.3 Å². The minimum Gasteiger partial charge on any atom is -0.497 e. The summed E-state index contributed by atoms with van der Waals surface area (Å²) in [4.78, 5) is 4.00. The minimum absolute atomic E-state index is 0.249. The molecule has 0 saturated heterocycles. The van der Waals surface area contributed by atoms with Gasteiger partial charge < -0.3 is 18.8 Å². The number of sulfonamides is 1. The summed E-state index contributed by atoms with van der Waals surface area (Å²) in [5.74, 6) is 0.716. The molecule has 2 aromatic carbocycles. The lowest BCUT2D eigenvalue weighted by Gasteiger charge is -2.20. The number of hydrogen-bond donors (Lipinski definition) is 1. The first-order valence-corrected chi connectivity index (χ1v) is 10.6. The maximum atomic E-state index is 13.1. The van der Waals surface area contributed by atoms with Gasteiger partial charge >= 0.3 is 6.36 Å². The van der Waals surface area contributed by atoms with E-state index in [1.165, 1.54) is 20.4 Å². The van der Waals surface area contributed by atoms with E-state index in [1.54, 1.807) is 36.0 Å². The van der Waals surface area contributed by atoms with Crippen molar-refractivity contribution in [3.63, 3.8) is 0 Å². The number of hydrogen-bond acceptors (Lipinski definition) is 6. The van der Waals surface area contributed by atoms with Gasteiger partial charge in [0.15, 0.2) is 0 Å². The Balaban J connectivity index is 1.99. The van der Waals surface area contributed by atoms with Crippen LogP contribution in [0.25, 0.3) is 0 Å². The Bertz CT molecular complexity index is 1160. The molecule has 0 amide bonds. The quantitative estimate of drug-likeness (QED) is 0.542. The summed E-state index contributed by atoms with van der Waals surface area (Å²) in [7, 11) is 0.450. The summed E-state index contributed by atoms with van der Waals surface area (Å²) >= 11 is 0. The fourth-order valence-electron chi connectivity index (χ4n) is 2.96. The molecule has 0 unspecified atom stereocenters. The van der Waals surface area contributed by atoms with Crippen LogP contribution in [0.3, 0.4) is 0 Å². The van der Waals surface area contributed by atoms with Crippen LogP contribution in [0.2, 0.25) is 0 Å². The highest BCUT2D eigenvalue weighted by molar-refractivity contribution is 7.89. The average Bonchev–Trinajstić information content (AvgIpc) is 3.16. The third kappa shape index (κ3) is 5.51. The van der Waals surface area contributed by atoms with Crippen LogP contribution in [-0.2, 0) is 17.1 Å². The Hall–Kier alpha value is -3.25. The van der Waals surface area contributed by atoms with Gasteiger partial charge in [0.05, 0.1) is 19.1 Å². The van der Waals surface area contributed by atoms with Crippen LogP contribution in [0.4, 0.5) is 13.2 Å². The first-order valence-electron chi connectivity index (χ1n) is 9.11. The molecule has 1 heterocycles. The Morgan fingerprint density at radius 1 is 1.00 bits per heavy atom. The Morgan fingerprint density at radius 3 is 2.06 bits per heavy atom. The second-order valence-corrected chi connectivity index (χ2v) is 8.33. The molecule has 12 heteroatoms. The number of methoxy groups -OCH3 is 2. The highest BCUT2D eigenvalue weighted by Gasteiger charge is 2.31. The summed E-state index contributed by atoms with van der Waals surface area (Å²) in [6.45, 7) is 0. The number of benzene rings is 2. The normalized spacial score (nSPS) is 12.9. The number of nitrogens with zero attached hydrogens (tertiary/aromatic N) is 2. The van der Waals surface area contributed by atoms with Gasteiger partial charge in [0.25, 0.3) is 0 Å². The zero-order valence-electron chi connectivity index (χ0n) is 17.3. The summed E-state index contributed by atoms with van der Waals surface area (Å²) in [5, 5.41) is 0. The van der Waals surface area contributed by atoms with E-state index in [9.17, 15) is 21.6 Å². The summed E-state index contributed by atoms with van der Waals surface area (Å²) in [6.07, 6.45) is -1.72. The third-order valence-corrected chi connectivity index (χ3v) is 5.90. The molecule has 172 valence electrons. The number of aromatic nitrogens is 2. The Labute approximate surface area is 182 Å². The topological polar surface area (TPSA) is 91.7 Å². The summed E-state index contributed by atoms with van der Waals surface area (Å²) in [5.41, 5.74) is 0.482. The van der Waals surface area contributed by atoms with Gasteiger partial charge in [-0.3, -0.25) is 0 Å². The number of aryl methyl sites for hydroxylation is 1. The van der Waals surface area contributed by atoms with Crippen molar-refractivity contribution in [1.82, 2.24) is 14.3 Å². The predicted molar refractivity (Wildman–Crippen MR) is 108 cm³/mol. The number of alkyl halides is 3. The average molecular weight is 471 g/mol. The summed E-state index contributed by atoms with van der Waals surface area (Å²) < 4.78 is 81.8. The molecule has 1 aromatic heterocycles. The van der Waals surface area contributed by atoms with Gasteiger partial charge in [0.1, 0.15) is 29.1 Å². The van der Waals surface area contributed by atoms with Gasteiger partial charge in [-0.1, -0.05) is 0 Å². The fraction of sp³-hybridized carbons (Fsp3) is 0.250. The zero-order chi connectivity index (χ0) is 23.5. The largest absolute Gasteiger partial charge is 0.573 e. The van der Waals surface area contributed by atoms with Crippen molar-refractivity contribution >= 4 is 10.0 Å². The summed E-state index contributed by atoms with van der Waals surface area (Å²) in [6, 6.07) is 7.83. The van der Waals surface area contributed by atoms with Crippen LogP contribution in [0.15, 0.2) is 59.8 Å². The van der Waals surface area contributed by atoms with E-state index < -0.39 is 28.2 Å². The molecule has 8 nitrogen and oxygen atoms in total. The van der Waals surface area contributed by atoms with E-state index in [2.05, 4.69) is 14.4 Å². The smallest absolute Gasteiger partial charge is 0.497 e. The first-order chi connectivity index (χ1) is 15.0. The van der Waals surface area contributed by atoms with Gasteiger partial charge in [0.2, 0.25) is 10.0 Å². The van der Waals surface area contributed by atoms with Crippen LogP contribution in [0, 0.1) is 0 Å². The predicted octanol–water partition coefficient (Wildman–Crippen LogP) is 3.40. The SMILES string of the molecule is COc1cc(OC)cc([C@@H](NS(=O)(=O)c2ccc(OC(F)(F)F)cc2)c2nccn2C)c1. The molecule has 3 aromatic rings. The Morgan fingerprint density at radius 2 is 1.59 bits per heavy atom. The number of imidazole rings is 1. The van der Waals surface area contributed by atoms with Crippen LogP contribution in [0.5, 0.6) is 17.2 Å². The molecular formula is C20H20F3N3O5S. The van der Waals surface area contributed by atoms with Crippen LogP contribution < -0.4 is 18.9 Å². The van der Waals surface area contributed by atoms with Crippen LogP contribution in [0.1, 0.15) is 17.4 Å². The number of halogens is 3. The highest BCUT2D eigenvalue weighted by Crippen LogP contribution is 2.31. The van der Waals surface area contributed by atoms with E-state index in [1.807, 2.05) is 0 Å². The highest BCUT2D eigenvalue weighted by atomic mass is 32.2. The van der Waals surface area contributed by atoms with E-state index in [4.69, 9.17) is 9.47 Å². The standard InChI is InChI=1S/C20H20F3N3O5S/c1-26-9-8-24-19(26)18(13-10-15(29-2)12-16(11-13)30-3)25-32(27,28)17-6-4-14(5-7-17)31-20(21,22)23/h4-12,18,25H,1-3H3/t18-/m1/s1. The van der Waals surface area contributed by atoms with Gasteiger partial charge in [-0.2, -0.15) is 4.72 Å². The third-order valence-electron chi connectivity index (χ3n) is 4.46. The van der Waals surface area contributed by atoms with Crippen LogP contribution in [-0.4, -0.2) is 38.6 Å². The number of nitrogens with one attached hydrogen (secondary N) is 1. The number of ether oxygens (including phenoxy) is 3. The molecule has 0 aliphatic heterocycles. The van der Waals surface area contributed by atoms with Gasteiger partial charge in [-0.25, -0.2) is 13.4 Å². The monoisotopic (exact) mass is 471 g/mol. The lowest BCUT2D eigenvalue weighted by atomic mass is 10.1. The molecule has 1 atom stereocenters. The maximum absolute atomic E-state index is 13.1. The fourth-order valence-corrected chi connectivity index (χ4v) is 4.15. The van der Waals surface area contributed by atoms with E-state index in [0.29, 0.717) is 22.9 Å². The second-order valence-electron chi connectivity index (χ2n) is 6.62. The lowest BCUT2D eigenvalue weighted by Crippen LogP contribution is -2.31. The van der Waals surface area contributed by atoms with Crippen molar-refractivity contribution in [2.75, 3.05) is 14.2 Å². The minimum atomic E-state index is -4.88. The molecule has 0 saturated carbocycles. The molecule has 0 aliphatic carbocycles. The molecule has 0 bridgehead atoms. The van der Waals surface area contributed by atoms with Crippen molar-refractivity contribution < 1.29 is 35.8 Å². The second kappa shape index (κ2) is 9.09. The molecule has 32 heavy (non-hydrogen) atoms. The molecule has 0 spiro atoms. The molecule has 0 aliphatic rings. The van der Waals surface area contributed by atoms with Crippen LogP contribution >= 0.6 is 0 Å². The van der Waals surface area contributed by atoms with Crippen molar-refractivity contribution in [3.8, 4) is 17.2 Å². The van der Waals surface area contributed by atoms with Gasteiger partial charge in [0, 0.05) is 25.5 Å². The molecule has 0 radical (unpaired) electrons. The van der Waals surface area contributed by atoms with Gasteiger partial charge in [-0.15, -0.1) is 13.2 Å². The molecule has 3 rings (SSSR count). The van der Waals surface area contributed by atoms with Crippen molar-refractivity contribution in [1.29, 1.82) is 0 Å². The van der Waals surface area contributed by atoms with Gasteiger partial charge in [-0.05, 0) is 42.0 Å². The number of rotatable bonds is 8. The first kappa shape index (κ1) is 23.4. The Kier molecular flexibility index (Phi) is 6.65.